The van der Waals surface area contributed by atoms with Crippen LogP contribution in [0.1, 0.15) is 38.1 Å². The van der Waals surface area contributed by atoms with Crippen molar-refractivity contribution in [2.75, 3.05) is 26.2 Å². The van der Waals surface area contributed by atoms with Crippen LogP contribution in [0, 0.1) is 0 Å². The molecule has 5 nitrogen and oxygen atoms in total. The van der Waals surface area contributed by atoms with Gasteiger partial charge in [-0.15, -0.1) is 11.3 Å². The average Bonchev–Trinajstić information content (AvgIpc) is 2.96. The van der Waals surface area contributed by atoms with Crippen LogP contribution in [0.3, 0.4) is 0 Å². The molecule has 1 aromatic heterocycles. The van der Waals surface area contributed by atoms with Crippen LogP contribution in [0.2, 0.25) is 0 Å². The highest BCUT2D eigenvalue weighted by Crippen LogP contribution is 2.24. The highest BCUT2D eigenvalue weighted by Gasteiger charge is 2.19. The average molecular weight is 311 g/mol. The Morgan fingerprint density at radius 2 is 2.00 bits per heavy atom. The van der Waals surface area contributed by atoms with E-state index in [9.17, 15) is 9.59 Å². The minimum Gasteiger partial charge on any atom is -0.356 e. The number of amides is 2. The number of likely N-dealkylation sites (N-methyl/N-ethyl adjacent to an activating group) is 1. The summed E-state index contributed by atoms with van der Waals surface area (Å²) in [5, 5.41) is 7.66. The zero-order chi connectivity index (χ0) is 15.7. The van der Waals surface area contributed by atoms with Gasteiger partial charge in [0.2, 0.25) is 11.8 Å². The lowest BCUT2D eigenvalue weighted by molar-refractivity contribution is -0.121. The van der Waals surface area contributed by atoms with Crippen LogP contribution >= 0.6 is 11.3 Å². The van der Waals surface area contributed by atoms with E-state index in [2.05, 4.69) is 40.8 Å². The summed E-state index contributed by atoms with van der Waals surface area (Å²) in [7, 11) is 0. The fourth-order valence-corrected chi connectivity index (χ4v) is 3.07. The highest BCUT2D eigenvalue weighted by atomic mass is 32.1. The predicted octanol–water partition coefficient (Wildman–Crippen LogP) is 1.77. The van der Waals surface area contributed by atoms with Crippen LogP contribution in [-0.2, 0) is 9.59 Å². The number of nitrogens with one attached hydrogen (secondary N) is 2. The molecule has 1 unspecified atom stereocenters. The summed E-state index contributed by atoms with van der Waals surface area (Å²) in [6.45, 7) is 8.58. The molecule has 0 aromatic carbocycles. The molecule has 0 saturated carbocycles. The van der Waals surface area contributed by atoms with Crippen molar-refractivity contribution < 1.29 is 9.59 Å². The van der Waals surface area contributed by atoms with Gasteiger partial charge in [0.15, 0.2) is 0 Å². The lowest BCUT2D eigenvalue weighted by Gasteiger charge is -2.29. The van der Waals surface area contributed by atoms with Gasteiger partial charge in [-0.05, 0) is 24.5 Å². The smallest absolute Gasteiger partial charge is 0.221 e. The van der Waals surface area contributed by atoms with Crippen LogP contribution in [0.15, 0.2) is 17.5 Å². The van der Waals surface area contributed by atoms with Crippen molar-refractivity contribution in [3.05, 3.63) is 22.4 Å². The topological polar surface area (TPSA) is 61.4 Å². The van der Waals surface area contributed by atoms with Gasteiger partial charge < -0.3 is 10.6 Å². The Morgan fingerprint density at radius 3 is 2.52 bits per heavy atom. The fraction of sp³-hybridized carbons (Fsp3) is 0.600. The highest BCUT2D eigenvalue weighted by molar-refractivity contribution is 7.10. The van der Waals surface area contributed by atoms with Gasteiger partial charge in [-0.3, -0.25) is 14.5 Å². The van der Waals surface area contributed by atoms with E-state index in [0.717, 1.165) is 13.1 Å². The fourth-order valence-electron chi connectivity index (χ4n) is 2.21. The Balaban J connectivity index is 2.50. The van der Waals surface area contributed by atoms with Crippen molar-refractivity contribution in [3.8, 4) is 0 Å². The largest absolute Gasteiger partial charge is 0.356 e. The third-order valence-corrected chi connectivity index (χ3v) is 4.32. The quantitative estimate of drug-likeness (QED) is 0.731. The van der Waals surface area contributed by atoms with E-state index in [1.807, 2.05) is 6.07 Å². The second-order valence-corrected chi connectivity index (χ2v) is 5.77. The first-order valence-corrected chi connectivity index (χ1v) is 8.25. The van der Waals surface area contributed by atoms with Crippen molar-refractivity contribution in [3.63, 3.8) is 0 Å². The van der Waals surface area contributed by atoms with Gasteiger partial charge >= 0.3 is 0 Å². The van der Waals surface area contributed by atoms with E-state index < -0.39 is 0 Å². The van der Waals surface area contributed by atoms with Gasteiger partial charge in [-0.1, -0.05) is 19.9 Å². The summed E-state index contributed by atoms with van der Waals surface area (Å²) >= 11 is 1.71. The maximum atomic E-state index is 11.8. The van der Waals surface area contributed by atoms with E-state index in [1.165, 1.54) is 11.8 Å². The van der Waals surface area contributed by atoms with E-state index >= 15 is 0 Å². The van der Waals surface area contributed by atoms with Gasteiger partial charge in [0, 0.05) is 31.3 Å². The Bertz CT molecular complexity index is 430. The molecule has 1 rings (SSSR count). The standard InChI is InChI=1S/C15H25N3O2S/c1-4-18(5-2)13(14-7-6-10-21-14)11-17-15(20)8-9-16-12(3)19/h6-7,10,13H,4-5,8-9,11H2,1-3H3,(H,16,19)(H,17,20). The number of hydrogen-bond donors (Lipinski definition) is 2. The summed E-state index contributed by atoms with van der Waals surface area (Å²) in [4.78, 5) is 26.2. The third kappa shape index (κ3) is 6.27. The van der Waals surface area contributed by atoms with Crippen LogP contribution in [-0.4, -0.2) is 42.9 Å². The molecule has 1 heterocycles. The molecule has 0 aliphatic carbocycles. The van der Waals surface area contributed by atoms with Gasteiger partial charge in [0.25, 0.3) is 0 Å². The number of carbonyl (C=O) groups excluding carboxylic acids is 2. The summed E-state index contributed by atoms with van der Waals surface area (Å²) in [6, 6.07) is 4.36. The number of nitrogens with zero attached hydrogens (tertiary/aromatic N) is 1. The molecule has 0 aliphatic heterocycles. The van der Waals surface area contributed by atoms with Crippen molar-refractivity contribution >= 4 is 23.2 Å². The summed E-state index contributed by atoms with van der Waals surface area (Å²) in [5.41, 5.74) is 0. The first-order valence-electron chi connectivity index (χ1n) is 7.37. The van der Waals surface area contributed by atoms with Gasteiger partial charge in [0.1, 0.15) is 0 Å². The van der Waals surface area contributed by atoms with Gasteiger partial charge in [0.05, 0.1) is 6.04 Å². The molecule has 1 aromatic rings. The van der Waals surface area contributed by atoms with Gasteiger partial charge in [-0.25, -0.2) is 0 Å². The van der Waals surface area contributed by atoms with E-state index in [4.69, 9.17) is 0 Å². The monoisotopic (exact) mass is 311 g/mol. The minimum atomic E-state index is -0.109. The lowest BCUT2D eigenvalue weighted by atomic mass is 10.2. The molecule has 2 amide bonds. The van der Waals surface area contributed by atoms with Crippen LogP contribution in [0.25, 0.3) is 0 Å². The van der Waals surface area contributed by atoms with Crippen LogP contribution in [0.5, 0.6) is 0 Å². The summed E-state index contributed by atoms with van der Waals surface area (Å²) in [5.74, 6) is -0.139. The van der Waals surface area contributed by atoms with Crippen LogP contribution < -0.4 is 10.6 Å². The number of thiophene rings is 1. The Hall–Kier alpha value is -1.40. The maximum Gasteiger partial charge on any atom is 0.221 e. The predicted molar refractivity (Wildman–Crippen MR) is 86.3 cm³/mol. The van der Waals surface area contributed by atoms with E-state index in [1.54, 1.807) is 11.3 Å². The van der Waals surface area contributed by atoms with Crippen LogP contribution in [0.4, 0.5) is 0 Å². The molecule has 0 bridgehead atoms. The molecule has 0 radical (unpaired) electrons. The molecule has 6 heteroatoms. The van der Waals surface area contributed by atoms with Gasteiger partial charge in [-0.2, -0.15) is 0 Å². The first kappa shape index (κ1) is 17.7. The normalized spacial score (nSPS) is 12.2. The molecule has 0 aliphatic rings. The number of rotatable bonds is 9. The first-order chi connectivity index (χ1) is 10.1. The molecule has 0 saturated heterocycles. The SMILES string of the molecule is CCN(CC)C(CNC(=O)CCNC(C)=O)c1cccs1. The van der Waals surface area contributed by atoms with Crippen molar-refractivity contribution in [1.82, 2.24) is 15.5 Å². The Kier molecular flexibility index (Phi) is 8.00. The second kappa shape index (κ2) is 9.52. The molecule has 2 N–H and O–H groups in total. The number of hydrogen-bond acceptors (Lipinski definition) is 4. The van der Waals surface area contributed by atoms with E-state index in [-0.39, 0.29) is 17.9 Å². The minimum absolute atomic E-state index is 0.0301. The second-order valence-electron chi connectivity index (χ2n) is 4.79. The summed E-state index contributed by atoms with van der Waals surface area (Å²) < 4.78 is 0. The van der Waals surface area contributed by atoms with Crippen molar-refractivity contribution in [2.24, 2.45) is 0 Å². The van der Waals surface area contributed by atoms with Crippen molar-refractivity contribution in [2.45, 2.75) is 33.2 Å². The maximum absolute atomic E-state index is 11.8. The Labute approximate surface area is 130 Å². The summed E-state index contributed by atoms with van der Waals surface area (Å²) in [6.07, 6.45) is 0.314. The molecular formula is C15H25N3O2S. The van der Waals surface area contributed by atoms with Crippen molar-refractivity contribution in [1.29, 1.82) is 0 Å². The molecule has 0 spiro atoms. The molecule has 21 heavy (non-hydrogen) atoms. The zero-order valence-electron chi connectivity index (χ0n) is 13.0. The third-order valence-electron chi connectivity index (χ3n) is 3.34. The molecule has 1 atom stereocenters. The molecular weight excluding hydrogens is 286 g/mol. The molecule has 0 fully saturated rings. The van der Waals surface area contributed by atoms with E-state index in [0.29, 0.717) is 19.5 Å². The Morgan fingerprint density at radius 1 is 1.29 bits per heavy atom. The lowest BCUT2D eigenvalue weighted by Crippen LogP contribution is -2.38. The molecule has 118 valence electrons. The number of carbonyl (C=O) groups is 2. The zero-order valence-corrected chi connectivity index (χ0v) is 13.8.